The lowest BCUT2D eigenvalue weighted by Crippen LogP contribution is -2.58. The number of rotatable bonds is 12. The topological polar surface area (TPSA) is 173 Å². The SMILES string of the molecule is C=C[C@@H]1C[C@]1(NC(=O)[C@@H]1C[C@@H](Oc2nc(-c3ccc(C(F)(F)F)cc3)nc3c2oc2ccccc23)CN1C(=O)[C@@H](Nc1cc(F)cc(F)c1)C(C)(C)C)C(=O)NS(=O)(=O)C1CC1. The van der Waals surface area contributed by atoms with Crippen molar-refractivity contribution in [3.8, 4) is 17.3 Å². The maximum atomic E-state index is 14.8. The smallest absolute Gasteiger partial charge is 0.416 e. The van der Waals surface area contributed by atoms with Crippen molar-refractivity contribution in [1.82, 2.24) is 24.9 Å². The third kappa shape index (κ3) is 8.29. The number of aromatic nitrogens is 2. The Morgan fingerprint density at radius 1 is 1.00 bits per heavy atom. The number of nitrogens with zero attached hydrogens (tertiary/aromatic N) is 3. The first-order chi connectivity index (χ1) is 29.2. The number of para-hydroxylation sites is 1. The van der Waals surface area contributed by atoms with Crippen molar-refractivity contribution in [1.29, 1.82) is 0 Å². The molecule has 0 spiro atoms. The number of amides is 3. The summed E-state index contributed by atoms with van der Waals surface area (Å²) in [6.07, 6.45) is -3.60. The molecule has 62 heavy (non-hydrogen) atoms. The van der Waals surface area contributed by atoms with Crippen LogP contribution in [0.4, 0.5) is 27.6 Å². The van der Waals surface area contributed by atoms with Crippen LogP contribution in [0.15, 0.2) is 83.8 Å². The van der Waals surface area contributed by atoms with E-state index in [1.807, 2.05) is 0 Å². The highest BCUT2D eigenvalue weighted by atomic mass is 32.2. The summed E-state index contributed by atoms with van der Waals surface area (Å²) in [7, 11) is -4.01. The van der Waals surface area contributed by atoms with Gasteiger partial charge in [0.15, 0.2) is 5.82 Å². The number of halogens is 5. The molecule has 0 unspecified atom stereocenters. The van der Waals surface area contributed by atoms with E-state index in [9.17, 15) is 44.8 Å². The van der Waals surface area contributed by atoms with Crippen LogP contribution in [-0.2, 0) is 30.6 Å². The molecule has 2 aromatic heterocycles. The van der Waals surface area contributed by atoms with Crippen LogP contribution in [0.1, 0.15) is 52.0 Å². The van der Waals surface area contributed by atoms with E-state index in [0.29, 0.717) is 29.9 Å². The third-order valence-corrected chi connectivity index (χ3v) is 13.1. The van der Waals surface area contributed by atoms with Gasteiger partial charge in [-0.25, -0.2) is 22.2 Å². The number of anilines is 1. The average Bonchev–Trinajstić information content (AvgIpc) is 4.10. The van der Waals surface area contributed by atoms with Crippen LogP contribution in [0, 0.1) is 23.0 Å². The number of hydrogen-bond donors (Lipinski definition) is 3. The molecular formula is C43H41F5N6O7S. The number of furan rings is 1. The molecule has 3 aliphatic rings. The summed E-state index contributed by atoms with van der Waals surface area (Å²) in [6, 6.07) is 11.2. The van der Waals surface area contributed by atoms with Crippen molar-refractivity contribution in [2.24, 2.45) is 11.3 Å². The third-order valence-electron chi connectivity index (χ3n) is 11.3. The summed E-state index contributed by atoms with van der Waals surface area (Å²) < 4.78 is 109. The summed E-state index contributed by atoms with van der Waals surface area (Å²) in [5.74, 6) is -5.04. The van der Waals surface area contributed by atoms with Crippen LogP contribution >= 0.6 is 0 Å². The number of alkyl halides is 3. The predicted octanol–water partition coefficient (Wildman–Crippen LogP) is 6.88. The molecule has 8 rings (SSSR count). The molecule has 0 bridgehead atoms. The normalized spacial score (nSPS) is 22.0. The first kappa shape index (κ1) is 42.6. The Bertz CT molecular complexity index is 2720. The van der Waals surface area contributed by atoms with Crippen LogP contribution in [0.25, 0.3) is 33.5 Å². The van der Waals surface area contributed by atoms with Gasteiger partial charge in [0.2, 0.25) is 27.4 Å². The fourth-order valence-corrected chi connectivity index (χ4v) is 9.12. The molecule has 5 atom stereocenters. The molecule has 326 valence electrons. The van der Waals surface area contributed by atoms with Gasteiger partial charge in [-0.2, -0.15) is 18.2 Å². The number of likely N-dealkylation sites (tertiary alicyclic amines) is 1. The van der Waals surface area contributed by atoms with Gasteiger partial charge in [0.25, 0.3) is 11.8 Å². The van der Waals surface area contributed by atoms with Crippen molar-refractivity contribution in [3.05, 3.63) is 96.6 Å². The molecular weight excluding hydrogens is 840 g/mol. The molecule has 3 fully saturated rings. The molecule has 3 aromatic carbocycles. The van der Waals surface area contributed by atoms with Gasteiger partial charge >= 0.3 is 6.18 Å². The van der Waals surface area contributed by atoms with Gasteiger partial charge in [-0.05, 0) is 61.1 Å². The van der Waals surface area contributed by atoms with E-state index < -0.39 is 91.4 Å². The van der Waals surface area contributed by atoms with Crippen molar-refractivity contribution in [2.75, 3.05) is 11.9 Å². The average molecular weight is 881 g/mol. The zero-order valence-electron chi connectivity index (χ0n) is 33.6. The number of hydrogen-bond acceptors (Lipinski definition) is 10. The van der Waals surface area contributed by atoms with Crippen molar-refractivity contribution in [3.63, 3.8) is 0 Å². The summed E-state index contributed by atoms with van der Waals surface area (Å²) in [6.45, 7) is 8.59. The second kappa shape index (κ2) is 15.4. The van der Waals surface area contributed by atoms with E-state index in [-0.39, 0.29) is 53.4 Å². The Balaban J connectivity index is 1.16. The van der Waals surface area contributed by atoms with Gasteiger partial charge in [-0.3, -0.25) is 19.1 Å². The summed E-state index contributed by atoms with van der Waals surface area (Å²) >= 11 is 0. The lowest BCUT2D eigenvalue weighted by Gasteiger charge is -2.36. The predicted molar refractivity (Wildman–Crippen MR) is 217 cm³/mol. The minimum atomic E-state index is -4.59. The van der Waals surface area contributed by atoms with E-state index >= 15 is 0 Å². The molecule has 3 heterocycles. The standard InChI is InChI=1S/C43H41F5N6O7S/c1-5-23-20-42(23,40(57)53-62(58,59)29-14-15-29)52-37(55)31-19-28(21-54(31)39(56)35(41(2,3)4)49-27-17-25(44)16-26(45)18-27)60-38-34-33(30-8-6-7-9-32(30)61-34)50-36(51-38)22-10-12-24(13-11-22)43(46,47)48/h5-13,16-18,23,28-29,31,35,49H,1,14-15,19-21H2,2-4H3,(H,52,55)(H,53,57)/t23-,28-,31+,35-,42-/m1/s1. The fraction of sp³-hybridized carbons (Fsp3) is 0.372. The van der Waals surface area contributed by atoms with Crippen LogP contribution in [0.3, 0.4) is 0 Å². The van der Waals surface area contributed by atoms with Gasteiger partial charge in [-0.15, -0.1) is 6.58 Å². The van der Waals surface area contributed by atoms with Gasteiger partial charge in [-0.1, -0.05) is 51.1 Å². The van der Waals surface area contributed by atoms with Crippen molar-refractivity contribution < 1.29 is 53.9 Å². The van der Waals surface area contributed by atoms with Crippen molar-refractivity contribution >= 4 is 55.5 Å². The lowest BCUT2D eigenvalue weighted by atomic mass is 9.85. The summed E-state index contributed by atoms with van der Waals surface area (Å²) in [5.41, 5.74) is -2.59. The van der Waals surface area contributed by atoms with Crippen LogP contribution < -0.4 is 20.1 Å². The van der Waals surface area contributed by atoms with E-state index in [4.69, 9.17) is 9.15 Å². The maximum absolute atomic E-state index is 14.8. The molecule has 13 nitrogen and oxygen atoms in total. The van der Waals surface area contributed by atoms with Crippen LogP contribution in [0.5, 0.6) is 5.88 Å². The number of benzene rings is 3. The van der Waals surface area contributed by atoms with Gasteiger partial charge in [0.05, 0.1) is 17.4 Å². The molecule has 0 radical (unpaired) electrons. The fourth-order valence-electron chi connectivity index (χ4n) is 7.75. The Kier molecular flexibility index (Phi) is 10.5. The lowest BCUT2D eigenvalue weighted by molar-refractivity contribution is -0.141. The van der Waals surface area contributed by atoms with E-state index in [0.717, 1.165) is 24.3 Å². The van der Waals surface area contributed by atoms with E-state index in [2.05, 4.69) is 31.9 Å². The monoisotopic (exact) mass is 880 g/mol. The molecule has 3 amide bonds. The Labute approximate surface area is 352 Å². The largest absolute Gasteiger partial charge is 0.470 e. The van der Waals surface area contributed by atoms with Gasteiger partial charge in [0.1, 0.15) is 46.5 Å². The minimum absolute atomic E-state index is 0.00868. The molecule has 1 saturated heterocycles. The zero-order valence-corrected chi connectivity index (χ0v) is 34.4. The Morgan fingerprint density at radius 3 is 2.29 bits per heavy atom. The first-order valence-corrected chi connectivity index (χ1v) is 21.3. The van der Waals surface area contributed by atoms with E-state index in [1.165, 1.54) is 23.1 Å². The number of fused-ring (bicyclic) bond motifs is 3. The molecule has 19 heteroatoms. The van der Waals surface area contributed by atoms with Crippen LogP contribution in [0.2, 0.25) is 0 Å². The molecule has 2 saturated carbocycles. The Morgan fingerprint density at radius 2 is 1.68 bits per heavy atom. The summed E-state index contributed by atoms with van der Waals surface area (Å²) in [4.78, 5) is 53.3. The number of carbonyl (C=O) groups is 3. The molecule has 3 N–H and O–H groups in total. The van der Waals surface area contributed by atoms with Gasteiger partial charge in [0, 0.05) is 35.0 Å². The molecule has 1 aliphatic heterocycles. The van der Waals surface area contributed by atoms with E-state index in [1.54, 1.807) is 45.0 Å². The van der Waals surface area contributed by atoms with Crippen LogP contribution in [-0.4, -0.2) is 76.5 Å². The first-order valence-electron chi connectivity index (χ1n) is 19.7. The second-order valence-corrected chi connectivity index (χ2v) is 18.9. The highest BCUT2D eigenvalue weighted by Crippen LogP contribution is 2.46. The number of carbonyl (C=O) groups excluding carboxylic acids is 3. The zero-order chi connectivity index (χ0) is 44.5. The molecule has 5 aromatic rings. The maximum Gasteiger partial charge on any atom is 0.416 e. The Hall–Kier alpha value is -6.11. The molecule has 2 aliphatic carbocycles. The minimum Gasteiger partial charge on any atom is -0.470 e. The summed E-state index contributed by atoms with van der Waals surface area (Å²) in [5, 5.41) is 5.46. The van der Waals surface area contributed by atoms with Crippen molar-refractivity contribution in [2.45, 2.75) is 81.6 Å². The number of ether oxygens (including phenoxy) is 1. The highest BCUT2D eigenvalue weighted by Gasteiger charge is 2.62. The quantitative estimate of drug-likeness (QED) is 0.0886. The number of sulfonamides is 1. The number of nitrogens with one attached hydrogen (secondary N) is 3. The van der Waals surface area contributed by atoms with Gasteiger partial charge < -0.3 is 24.7 Å². The second-order valence-electron chi connectivity index (χ2n) is 17.0. The highest BCUT2D eigenvalue weighted by molar-refractivity contribution is 7.91.